The first kappa shape index (κ1) is 18.7. The number of amides is 1. The minimum atomic E-state index is -0.928. The van der Waals surface area contributed by atoms with Crippen molar-refractivity contribution >= 4 is 11.9 Å². The molecule has 2 aliphatic rings. The van der Waals surface area contributed by atoms with Gasteiger partial charge in [0.25, 0.3) is 5.91 Å². The summed E-state index contributed by atoms with van der Waals surface area (Å²) >= 11 is 0. The average Bonchev–Trinajstić information content (AvgIpc) is 3.48. The van der Waals surface area contributed by atoms with Gasteiger partial charge >= 0.3 is 0 Å². The van der Waals surface area contributed by atoms with Gasteiger partial charge in [-0.1, -0.05) is 48.0 Å². The molecular weight excluding hydrogens is 350 g/mol. The Kier molecular flexibility index (Phi) is 4.71. The molecule has 146 valence electrons. The topological polar surface area (TPSA) is 78.9 Å². The normalized spacial score (nSPS) is 23.0. The third-order valence-electron chi connectivity index (χ3n) is 5.73. The number of nitrogens with two attached hydrogens (primary N) is 1. The maximum Gasteiger partial charge on any atom is 0.262 e. The van der Waals surface area contributed by atoms with Crippen LogP contribution in [0.2, 0.25) is 0 Å². The van der Waals surface area contributed by atoms with Gasteiger partial charge in [0.1, 0.15) is 0 Å². The van der Waals surface area contributed by atoms with Crippen LogP contribution in [0.4, 0.5) is 0 Å². The van der Waals surface area contributed by atoms with Crippen molar-refractivity contribution < 1.29 is 9.90 Å². The van der Waals surface area contributed by atoms with Crippen molar-refractivity contribution in [3.8, 4) is 11.1 Å². The molecule has 2 aromatic carbocycles. The highest BCUT2D eigenvalue weighted by atomic mass is 16.3. The fraction of sp³-hybridized carbons (Fsp3) is 0.391. The van der Waals surface area contributed by atoms with Gasteiger partial charge in [-0.15, -0.1) is 0 Å². The lowest BCUT2D eigenvalue weighted by molar-refractivity contribution is -0.132. The maximum absolute atomic E-state index is 13.5. The van der Waals surface area contributed by atoms with Gasteiger partial charge in [-0.2, -0.15) is 0 Å². The molecule has 0 spiro atoms. The minimum absolute atomic E-state index is 0.0606. The van der Waals surface area contributed by atoms with Gasteiger partial charge in [0, 0.05) is 6.54 Å². The molecular formula is C23H27N3O2. The fourth-order valence-corrected chi connectivity index (χ4v) is 4.08. The standard InChI is InChI=1S/C23H27N3O2/c1-15-5-3-6-17(13-15)18-7-4-8-20(14-18)23(19-9-10-19)21(28)26(22(24)25-23)12-11-16(2)27/h3-8,13-14,16,19,27H,9-12H2,1-2H3,(H2,24,25). The number of carbonyl (C=O) groups is 1. The number of aliphatic hydroxyl groups is 1. The second-order valence-electron chi connectivity index (χ2n) is 8.06. The molecule has 1 saturated carbocycles. The molecule has 28 heavy (non-hydrogen) atoms. The Bertz CT molecular complexity index is 933. The molecule has 2 atom stereocenters. The lowest BCUT2D eigenvalue weighted by Gasteiger charge is -2.27. The van der Waals surface area contributed by atoms with Crippen LogP contribution < -0.4 is 5.73 Å². The Morgan fingerprint density at radius 1 is 1.21 bits per heavy atom. The molecule has 3 N–H and O–H groups in total. The predicted octanol–water partition coefficient (Wildman–Crippen LogP) is 3.20. The number of benzene rings is 2. The van der Waals surface area contributed by atoms with Crippen LogP contribution in [0.3, 0.4) is 0 Å². The van der Waals surface area contributed by atoms with Gasteiger partial charge in [0.05, 0.1) is 6.10 Å². The summed E-state index contributed by atoms with van der Waals surface area (Å²) in [5, 5.41) is 9.62. The van der Waals surface area contributed by atoms with E-state index in [1.165, 1.54) is 5.56 Å². The number of rotatable bonds is 6. The Morgan fingerprint density at radius 2 is 1.89 bits per heavy atom. The molecule has 1 amide bonds. The van der Waals surface area contributed by atoms with E-state index >= 15 is 0 Å². The van der Waals surface area contributed by atoms with Crippen molar-refractivity contribution in [1.29, 1.82) is 0 Å². The lowest BCUT2D eigenvalue weighted by Crippen LogP contribution is -2.45. The highest BCUT2D eigenvalue weighted by Crippen LogP contribution is 2.52. The van der Waals surface area contributed by atoms with Gasteiger partial charge in [-0.25, -0.2) is 4.99 Å². The Hall–Kier alpha value is -2.66. The molecule has 0 radical (unpaired) electrons. The van der Waals surface area contributed by atoms with Crippen molar-refractivity contribution in [3.63, 3.8) is 0 Å². The van der Waals surface area contributed by atoms with E-state index < -0.39 is 11.6 Å². The summed E-state index contributed by atoms with van der Waals surface area (Å²) in [5.41, 5.74) is 9.55. The fourth-order valence-electron chi connectivity index (χ4n) is 4.08. The molecule has 1 aliphatic heterocycles. The summed E-state index contributed by atoms with van der Waals surface area (Å²) in [6.45, 7) is 4.18. The van der Waals surface area contributed by atoms with Crippen LogP contribution in [0.1, 0.15) is 37.3 Å². The average molecular weight is 377 g/mol. The Labute approximate surface area is 165 Å². The van der Waals surface area contributed by atoms with Crippen LogP contribution >= 0.6 is 0 Å². The number of carbonyl (C=O) groups excluding carboxylic acids is 1. The molecule has 2 unspecified atom stereocenters. The van der Waals surface area contributed by atoms with Crippen LogP contribution in [0, 0.1) is 12.8 Å². The molecule has 1 heterocycles. The number of aryl methyl sites for hydroxylation is 1. The first-order chi connectivity index (χ1) is 13.4. The van der Waals surface area contributed by atoms with E-state index in [9.17, 15) is 9.90 Å². The Balaban J connectivity index is 1.74. The first-order valence-electron chi connectivity index (χ1n) is 9.95. The molecule has 5 nitrogen and oxygen atoms in total. The largest absolute Gasteiger partial charge is 0.393 e. The van der Waals surface area contributed by atoms with E-state index in [1.54, 1.807) is 11.8 Å². The molecule has 0 saturated heterocycles. The van der Waals surface area contributed by atoms with Gasteiger partial charge in [0.15, 0.2) is 11.5 Å². The van der Waals surface area contributed by atoms with Crippen LogP contribution in [-0.2, 0) is 10.3 Å². The summed E-state index contributed by atoms with van der Waals surface area (Å²) in [4.78, 5) is 19.8. The first-order valence-corrected chi connectivity index (χ1v) is 9.95. The van der Waals surface area contributed by atoms with Gasteiger partial charge in [-0.3, -0.25) is 9.69 Å². The number of aliphatic imine (C=N–C) groups is 1. The summed E-state index contributed by atoms with van der Waals surface area (Å²) in [6, 6.07) is 16.5. The van der Waals surface area contributed by atoms with Crippen LogP contribution in [-0.4, -0.2) is 34.5 Å². The van der Waals surface area contributed by atoms with Crippen LogP contribution in [0.5, 0.6) is 0 Å². The van der Waals surface area contributed by atoms with Crippen molar-refractivity contribution in [1.82, 2.24) is 4.90 Å². The van der Waals surface area contributed by atoms with E-state index in [0.717, 1.165) is 29.5 Å². The zero-order valence-electron chi connectivity index (χ0n) is 16.4. The van der Waals surface area contributed by atoms with Crippen molar-refractivity contribution in [2.45, 2.75) is 44.8 Å². The number of hydrogen-bond donors (Lipinski definition) is 2. The van der Waals surface area contributed by atoms with Gasteiger partial charge in [-0.05, 0) is 61.8 Å². The molecule has 1 fully saturated rings. The summed E-state index contributed by atoms with van der Waals surface area (Å²) in [5.74, 6) is 0.385. The highest BCUT2D eigenvalue weighted by molar-refractivity contribution is 6.07. The number of hydrogen-bond acceptors (Lipinski definition) is 4. The van der Waals surface area contributed by atoms with Crippen LogP contribution in [0.15, 0.2) is 53.5 Å². The van der Waals surface area contributed by atoms with Crippen molar-refractivity contribution in [2.75, 3.05) is 6.54 Å². The predicted molar refractivity (Wildman–Crippen MR) is 111 cm³/mol. The monoisotopic (exact) mass is 377 g/mol. The van der Waals surface area contributed by atoms with Crippen LogP contribution in [0.25, 0.3) is 11.1 Å². The molecule has 2 aromatic rings. The smallest absolute Gasteiger partial charge is 0.262 e. The third-order valence-corrected chi connectivity index (χ3v) is 5.73. The SMILES string of the molecule is Cc1cccc(-c2cccc(C3(C4CC4)N=C(N)N(CCC(C)O)C3=O)c2)c1. The summed E-state index contributed by atoms with van der Waals surface area (Å²) in [7, 11) is 0. The number of aliphatic hydroxyl groups excluding tert-OH is 1. The Morgan fingerprint density at radius 3 is 2.54 bits per heavy atom. The van der Waals surface area contributed by atoms with Gasteiger partial charge < -0.3 is 10.8 Å². The van der Waals surface area contributed by atoms with Gasteiger partial charge in [0.2, 0.25) is 0 Å². The zero-order valence-corrected chi connectivity index (χ0v) is 16.4. The zero-order chi connectivity index (χ0) is 19.9. The van der Waals surface area contributed by atoms with E-state index in [0.29, 0.717) is 13.0 Å². The molecule has 4 rings (SSSR count). The quantitative estimate of drug-likeness (QED) is 0.811. The minimum Gasteiger partial charge on any atom is -0.393 e. The third kappa shape index (κ3) is 3.20. The molecule has 1 aliphatic carbocycles. The highest BCUT2D eigenvalue weighted by Gasteiger charge is 2.57. The molecule has 0 aromatic heterocycles. The van der Waals surface area contributed by atoms with E-state index in [-0.39, 0.29) is 17.8 Å². The second-order valence-corrected chi connectivity index (χ2v) is 8.06. The van der Waals surface area contributed by atoms with E-state index in [2.05, 4.69) is 37.3 Å². The van der Waals surface area contributed by atoms with Crippen molar-refractivity contribution in [3.05, 3.63) is 59.7 Å². The lowest BCUT2D eigenvalue weighted by atomic mass is 9.83. The summed E-state index contributed by atoms with van der Waals surface area (Å²) in [6.07, 6.45) is 1.94. The van der Waals surface area contributed by atoms with Crippen molar-refractivity contribution in [2.24, 2.45) is 16.6 Å². The summed E-state index contributed by atoms with van der Waals surface area (Å²) < 4.78 is 0. The number of guanidine groups is 1. The number of nitrogens with zero attached hydrogens (tertiary/aromatic N) is 2. The maximum atomic E-state index is 13.5. The van der Waals surface area contributed by atoms with E-state index in [4.69, 9.17) is 10.7 Å². The van der Waals surface area contributed by atoms with E-state index in [1.807, 2.05) is 18.2 Å². The molecule has 0 bridgehead atoms. The second kappa shape index (κ2) is 7.06. The molecule has 5 heteroatoms.